The third-order valence-electron chi connectivity index (χ3n) is 3.26. The van der Waals surface area contributed by atoms with Crippen molar-refractivity contribution in [2.24, 2.45) is 0 Å². The molecular formula is C15H21NO3. The van der Waals surface area contributed by atoms with Crippen LogP contribution in [0.2, 0.25) is 0 Å². The van der Waals surface area contributed by atoms with Gasteiger partial charge in [-0.15, -0.1) is 0 Å². The number of carbonyl (C=O) groups is 1. The van der Waals surface area contributed by atoms with E-state index in [0.717, 1.165) is 18.0 Å². The van der Waals surface area contributed by atoms with Crippen molar-refractivity contribution in [1.29, 1.82) is 0 Å². The maximum Gasteiger partial charge on any atom is 0.161 e. The van der Waals surface area contributed by atoms with Crippen molar-refractivity contribution in [3.8, 4) is 11.5 Å². The predicted octanol–water partition coefficient (Wildman–Crippen LogP) is 1.91. The van der Waals surface area contributed by atoms with Crippen LogP contribution in [0.4, 0.5) is 0 Å². The molecule has 19 heavy (non-hydrogen) atoms. The summed E-state index contributed by atoms with van der Waals surface area (Å²) in [5.41, 5.74) is 1.11. The molecule has 1 N–H and O–H groups in total. The van der Waals surface area contributed by atoms with Gasteiger partial charge in [-0.2, -0.15) is 0 Å². The average Bonchev–Trinajstić information content (AvgIpc) is 2.37. The molecule has 0 saturated carbocycles. The zero-order valence-corrected chi connectivity index (χ0v) is 11.8. The van der Waals surface area contributed by atoms with Crippen LogP contribution in [0.1, 0.15) is 26.3 Å². The number of nitrogens with one attached hydrogen (secondary N) is 1. The summed E-state index contributed by atoms with van der Waals surface area (Å²) in [4.78, 5) is 11.0. The number of hydrogen-bond acceptors (Lipinski definition) is 4. The van der Waals surface area contributed by atoms with Crippen LogP contribution >= 0.6 is 0 Å². The number of ketones is 1. The van der Waals surface area contributed by atoms with E-state index in [1.165, 1.54) is 5.56 Å². The summed E-state index contributed by atoms with van der Waals surface area (Å²) in [5, 5.41) is 3.18. The van der Waals surface area contributed by atoms with Gasteiger partial charge in [0, 0.05) is 12.0 Å². The molecule has 0 saturated heterocycles. The van der Waals surface area contributed by atoms with Crippen molar-refractivity contribution in [2.45, 2.75) is 26.2 Å². The van der Waals surface area contributed by atoms with Gasteiger partial charge in [-0.3, -0.25) is 4.79 Å². The molecule has 4 heteroatoms. The van der Waals surface area contributed by atoms with Crippen LogP contribution < -0.4 is 14.8 Å². The Hall–Kier alpha value is -1.55. The van der Waals surface area contributed by atoms with Crippen LogP contribution in [0.15, 0.2) is 18.2 Å². The van der Waals surface area contributed by atoms with Crippen molar-refractivity contribution in [1.82, 2.24) is 5.32 Å². The Bertz CT molecular complexity index is 468. The van der Waals surface area contributed by atoms with Crippen molar-refractivity contribution in [3.63, 3.8) is 0 Å². The Balaban J connectivity index is 2.09. The molecule has 1 heterocycles. The number of benzene rings is 1. The molecule has 0 aliphatic carbocycles. The number of Topliss-reactive ketones (excluding diaryl/α,β-unsaturated/α-hetero) is 1. The molecule has 0 bridgehead atoms. The Morgan fingerprint density at radius 2 is 1.95 bits per heavy atom. The van der Waals surface area contributed by atoms with Gasteiger partial charge in [0.05, 0.1) is 6.54 Å². The number of carbonyl (C=O) groups excluding carboxylic acids is 1. The summed E-state index contributed by atoms with van der Waals surface area (Å²) in [5.74, 6) is 1.77. The fraction of sp³-hybridized carbons (Fsp3) is 0.533. The van der Waals surface area contributed by atoms with Gasteiger partial charge in [0.25, 0.3) is 0 Å². The molecule has 0 radical (unpaired) electrons. The van der Waals surface area contributed by atoms with Crippen LogP contribution in [0.5, 0.6) is 11.5 Å². The number of hydrogen-bond donors (Lipinski definition) is 1. The van der Waals surface area contributed by atoms with E-state index in [-0.39, 0.29) is 11.2 Å². The predicted molar refractivity (Wildman–Crippen MR) is 74.0 cm³/mol. The first-order valence-electron chi connectivity index (χ1n) is 6.59. The highest BCUT2D eigenvalue weighted by Gasteiger charge is 2.23. The number of fused-ring (bicyclic) bond motifs is 1. The summed E-state index contributed by atoms with van der Waals surface area (Å²) >= 11 is 0. The average molecular weight is 263 g/mol. The van der Waals surface area contributed by atoms with Gasteiger partial charge in [0.2, 0.25) is 0 Å². The molecule has 0 amide bonds. The fourth-order valence-electron chi connectivity index (χ4n) is 2.12. The molecule has 1 aliphatic heterocycles. The Morgan fingerprint density at radius 3 is 2.63 bits per heavy atom. The zero-order valence-electron chi connectivity index (χ0n) is 11.8. The maximum atomic E-state index is 11.0. The molecule has 0 aromatic heterocycles. The second kappa shape index (κ2) is 5.61. The van der Waals surface area contributed by atoms with Gasteiger partial charge in [0.1, 0.15) is 19.0 Å². The van der Waals surface area contributed by atoms with Crippen molar-refractivity contribution >= 4 is 5.78 Å². The summed E-state index contributed by atoms with van der Waals surface area (Å²) in [6, 6.07) is 6.05. The first-order chi connectivity index (χ1) is 8.99. The van der Waals surface area contributed by atoms with Crippen molar-refractivity contribution in [2.75, 3.05) is 26.3 Å². The molecule has 0 spiro atoms. The van der Waals surface area contributed by atoms with E-state index in [1.807, 2.05) is 12.1 Å². The minimum absolute atomic E-state index is 0.0642. The lowest BCUT2D eigenvalue weighted by Crippen LogP contribution is -2.35. The van der Waals surface area contributed by atoms with Gasteiger partial charge < -0.3 is 14.8 Å². The monoisotopic (exact) mass is 263 g/mol. The Morgan fingerprint density at radius 1 is 1.26 bits per heavy atom. The fourth-order valence-corrected chi connectivity index (χ4v) is 2.12. The standard InChI is InChI=1S/C15H21NO3/c1-11(17)9-16-10-15(2,3)12-4-5-13-14(8-12)19-7-6-18-13/h4-5,8,16H,6-7,9-10H2,1-3H3. The van der Waals surface area contributed by atoms with E-state index in [1.54, 1.807) is 6.92 Å². The van der Waals surface area contributed by atoms with Crippen molar-refractivity contribution in [3.05, 3.63) is 23.8 Å². The lowest BCUT2D eigenvalue weighted by Gasteiger charge is -2.27. The topological polar surface area (TPSA) is 47.6 Å². The van der Waals surface area contributed by atoms with Gasteiger partial charge in [-0.25, -0.2) is 0 Å². The Kier molecular flexibility index (Phi) is 4.10. The molecule has 0 fully saturated rings. The highest BCUT2D eigenvalue weighted by atomic mass is 16.6. The minimum Gasteiger partial charge on any atom is -0.486 e. The zero-order chi connectivity index (χ0) is 13.9. The normalized spacial score (nSPS) is 14.3. The van der Waals surface area contributed by atoms with Crippen molar-refractivity contribution < 1.29 is 14.3 Å². The number of ether oxygens (including phenoxy) is 2. The van der Waals surface area contributed by atoms with Crippen LogP contribution in [0.25, 0.3) is 0 Å². The van der Waals surface area contributed by atoms with E-state index in [0.29, 0.717) is 19.8 Å². The molecule has 1 aromatic rings. The first kappa shape index (κ1) is 13.9. The van der Waals surface area contributed by atoms with Gasteiger partial charge in [-0.05, 0) is 24.6 Å². The smallest absolute Gasteiger partial charge is 0.161 e. The molecule has 104 valence electrons. The maximum absolute atomic E-state index is 11.0. The highest BCUT2D eigenvalue weighted by Crippen LogP contribution is 2.34. The second-order valence-corrected chi connectivity index (χ2v) is 5.55. The lowest BCUT2D eigenvalue weighted by molar-refractivity contribution is -0.116. The van der Waals surface area contributed by atoms with Crippen LogP contribution in [0.3, 0.4) is 0 Å². The van der Waals surface area contributed by atoms with E-state index in [2.05, 4.69) is 25.2 Å². The quantitative estimate of drug-likeness (QED) is 0.881. The second-order valence-electron chi connectivity index (χ2n) is 5.55. The first-order valence-corrected chi connectivity index (χ1v) is 6.59. The molecule has 4 nitrogen and oxygen atoms in total. The van der Waals surface area contributed by atoms with E-state index < -0.39 is 0 Å². The Labute approximate surface area is 114 Å². The van der Waals surface area contributed by atoms with E-state index in [9.17, 15) is 4.79 Å². The summed E-state index contributed by atoms with van der Waals surface area (Å²) < 4.78 is 11.1. The SMILES string of the molecule is CC(=O)CNCC(C)(C)c1ccc2c(c1)OCCO2. The van der Waals surface area contributed by atoms with Gasteiger partial charge in [0.15, 0.2) is 11.5 Å². The highest BCUT2D eigenvalue weighted by molar-refractivity contribution is 5.77. The number of rotatable bonds is 5. The van der Waals surface area contributed by atoms with Crippen LogP contribution in [0, 0.1) is 0 Å². The van der Waals surface area contributed by atoms with Gasteiger partial charge in [-0.1, -0.05) is 19.9 Å². The molecule has 0 atom stereocenters. The van der Waals surface area contributed by atoms with Crippen LogP contribution in [-0.4, -0.2) is 32.1 Å². The molecular weight excluding hydrogens is 242 g/mol. The summed E-state index contributed by atoms with van der Waals surface area (Å²) in [7, 11) is 0. The third-order valence-corrected chi connectivity index (χ3v) is 3.26. The minimum atomic E-state index is -0.0642. The molecule has 1 aliphatic rings. The summed E-state index contributed by atoms with van der Waals surface area (Å²) in [6.07, 6.45) is 0. The molecule has 0 unspecified atom stereocenters. The lowest BCUT2D eigenvalue weighted by atomic mass is 9.84. The molecule has 1 aromatic carbocycles. The molecule has 2 rings (SSSR count). The van der Waals surface area contributed by atoms with E-state index in [4.69, 9.17) is 9.47 Å². The van der Waals surface area contributed by atoms with E-state index >= 15 is 0 Å². The summed E-state index contributed by atoms with van der Waals surface area (Å²) in [6.45, 7) is 8.23. The largest absolute Gasteiger partial charge is 0.486 e. The van der Waals surface area contributed by atoms with Crippen LogP contribution in [-0.2, 0) is 10.2 Å². The third kappa shape index (κ3) is 3.47. The van der Waals surface area contributed by atoms with Gasteiger partial charge >= 0.3 is 0 Å².